The highest BCUT2D eigenvalue weighted by Crippen LogP contribution is 2.18. The first-order valence-corrected chi connectivity index (χ1v) is 8.80. The lowest BCUT2D eigenvalue weighted by atomic mass is 10.3. The summed E-state index contributed by atoms with van der Waals surface area (Å²) in [5.74, 6) is 0.997. The number of carbonyl (C=O) groups is 1. The van der Waals surface area contributed by atoms with Gasteiger partial charge >= 0.3 is 0 Å². The van der Waals surface area contributed by atoms with Gasteiger partial charge in [-0.15, -0.1) is 24.0 Å². The number of halogens is 2. The number of rotatable bonds is 7. The van der Waals surface area contributed by atoms with Crippen molar-refractivity contribution in [1.29, 1.82) is 0 Å². The molecule has 24 heavy (non-hydrogen) atoms. The maximum Gasteiger partial charge on any atom is 0.220 e. The van der Waals surface area contributed by atoms with E-state index in [0.29, 0.717) is 12.5 Å². The molecule has 0 bridgehead atoms. The molecule has 0 atom stereocenters. The van der Waals surface area contributed by atoms with E-state index in [1.54, 1.807) is 7.05 Å². The van der Waals surface area contributed by atoms with Crippen molar-refractivity contribution >= 4 is 51.8 Å². The topological polar surface area (TPSA) is 61.7 Å². The van der Waals surface area contributed by atoms with Crippen LogP contribution < -0.4 is 10.6 Å². The average molecular weight is 512 g/mol. The van der Waals surface area contributed by atoms with Gasteiger partial charge in [-0.3, -0.25) is 9.79 Å². The van der Waals surface area contributed by atoms with Crippen molar-refractivity contribution < 1.29 is 4.79 Å². The largest absolute Gasteiger partial charge is 0.356 e. The van der Waals surface area contributed by atoms with Gasteiger partial charge in [-0.25, -0.2) is 0 Å². The SMILES string of the molecule is CN=C(NCCCC(=O)NC1CC1)N(C)Cc1cc(Br)cn1C.I. The molecule has 8 heteroatoms. The van der Waals surface area contributed by atoms with Crippen LogP contribution in [0.4, 0.5) is 0 Å². The van der Waals surface area contributed by atoms with E-state index in [0.717, 1.165) is 42.8 Å². The number of nitrogens with zero attached hydrogens (tertiary/aromatic N) is 3. The van der Waals surface area contributed by atoms with E-state index in [1.165, 1.54) is 5.69 Å². The fourth-order valence-electron chi connectivity index (χ4n) is 2.40. The van der Waals surface area contributed by atoms with E-state index < -0.39 is 0 Å². The summed E-state index contributed by atoms with van der Waals surface area (Å²) in [5, 5.41) is 6.32. The molecular weight excluding hydrogens is 485 g/mol. The third-order valence-corrected chi connectivity index (χ3v) is 4.29. The molecule has 1 aliphatic carbocycles. The lowest BCUT2D eigenvalue weighted by Crippen LogP contribution is -2.39. The van der Waals surface area contributed by atoms with Gasteiger partial charge in [0.1, 0.15) is 0 Å². The molecule has 0 spiro atoms. The van der Waals surface area contributed by atoms with E-state index in [-0.39, 0.29) is 29.9 Å². The van der Waals surface area contributed by atoms with Crippen molar-refractivity contribution in [3.8, 4) is 0 Å². The quantitative estimate of drug-likeness (QED) is 0.256. The lowest BCUT2D eigenvalue weighted by Gasteiger charge is -2.22. The van der Waals surface area contributed by atoms with E-state index in [4.69, 9.17) is 0 Å². The van der Waals surface area contributed by atoms with Crippen LogP contribution in [0.5, 0.6) is 0 Å². The minimum atomic E-state index is 0. The van der Waals surface area contributed by atoms with Crippen molar-refractivity contribution in [3.63, 3.8) is 0 Å². The van der Waals surface area contributed by atoms with E-state index in [2.05, 4.69) is 47.1 Å². The number of amides is 1. The molecule has 0 unspecified atom stereocenters. The van der Waals surface area contributed by atoms with Gasteiger partial charge in [0.05, 0.1) is 6.54 Å². The highest BCUT2D eigenvalue weighted by atomic mass is 127. The number of hydrogen-bond acceptors (Lipinski definition) is 2. The van der Waals surface area contributed by atoms with Gasteiger partial charge in [-0.05, 0) is 41.3 Å². The summed E-state index contributed by atoms with van der Waals surface area (Å²) in [4.78, 5) is 18.0. The molecule has 0 aromatic carbocycles. The first kappa shape index (κ1) is 21.3. The second kappa shape index (κ2) is 10.3. The summed E-state index contributed by atoms with van der Waals surface area (Å²) < 4.78 is 3.17. The maximum atomic E-state index is 11.6. The first-order valence-electron chi connectivity index (χ1n) is 8.01. The van der Waals surface area contributed by atoms with Gasteiger partial charge in [-0.2, -0.15) is 0 Å². The van der Waals surface area contributed by atoms with Gasteiger partial charge < -0.3 is 20.1 Å². The molecule has 1 aliphatic rings. The molecule has 1 amide bonds. The van der Waals surface area contributed by atoms with Gasteiger partial charge in [-0.1, -0.05) is 0 Å². The van der Waals surface area contributed by atoms with E-state index >= 15 is 0 Å². The van der Waals surface area contributed by atoms with Crippen molar-refractivity contribution in [2.24, 2.45) is 12.0 Å². The third kappa shape index (κ3) is 7.00. The van der Waals surface area contributed by atoms with Crippen LogP contribution in [-0.4, -0.2) is 48.0 Å². The van der Waals surface area contributed by atoms with Crippen LogP contribution in [0.25, 0.3) is 0 Å². The Hall–Kier alpha value is -0.770. The average Bonchev–Trinajstić information content (AvgIpc) is 3.24. The summed E-state index contributed by atoms with van der Waals surface area (Å²) in [6.45, 7) is 1.51. The Labute approximate surface area is 169 Å². The number of aliphatic imine (C=N–C) groups is 1. The third-order valence-electron chi connectivity index (χ3n) is 3.85. The molecule has 6 nitrogen and oxygen atoms in total. The second-order valence-electron chi connectivity index (χ2n) is 6.04. The molecule has 1 heterocycles. The Morgan fingerprint density at radius 3 is 2.75 bits per heavy atom. The zero-order valence-electron chi connectivity index (χ0n) is 14.5. The second-order valence-corrected chi connectivity index (χ2v) is 6.95. The fourth-order valence-corrected chi connectivity index (χ4v) is 2.97. The molecule has 1 aromatic rings. The van der Waals surface area contributed by atoms with Crippen LogP contribution in [0.15, 0.2) is 21.7 Å². The molecule has 1 fully saturated rings. The summed E-state index contributed by atoms with van der Waals surface area (Å²) in [7, 11) is 5.82. The van der Waals surface area contributed by atoms with E-state index in [9.17, 15) is 4.79 Å². The van der Waals surface area contributed by atoms with Gasteiger partial charge in [0.15, 0.2) is 5.96 Å². The van der Waals surface area contributed by atoms with Crippen molar-refractivity contribution in [3.05, 3.63) is 22.4 Å². The minimum Gasteiger partial charge on any atom is -0.356 e. The zero-order valence-corrected chi connectivity index (χ0v) is 18.4. The predicted octanol–water partition coefficient (Wildman–Crippen LogP) is 2.47. The van der Waals surface area contributed by atoms with Crippen LogP contribution in [0.1, 0.15) is 31.4 Å². The molecule has 136 valence electrons. The van der Waals surface area contributed by atoms with Gasteiger partial charge in [0.25, 0.3) is 0 Å². The van der Waals surface area contributed by atoms with Crippen LogP contribution in [0.3, 0.4) is 0 Å². The van der Waals surface area contributed by atoms with Gasteiger partial charge in [0.2, 0.25) is 5.91 Å². The number of carbonyl (C=O) groups excluding carboxylic acids is 1. The molecule has 2 rings (SSSR count). The Bertz CT molecular complexity index is 571. The minimum absolute atomic E-state index is 0. The predicted molar refractivity (Wildman–Crippen MR) is 112 cm³/mol. The standard InChI is InChI=1S/C16H26BrN5O.HI/c1-18-16(19-8-4-5-15(23)20-13-6-7-13)22(3)11-14-9-12(17)10-21(14)2;/h9-10,13H,4-8,11H2,1-3H3,(H,18,19)(H,20,23);1H. The van der Waals surface area contributed by atoms with Crippen LogP contribution in [-0.2, 0) is 18.4 Å². The van der Waals surface area contributed by atoms with Crippen LogP contribution in [0.2, 0.25) is 0 Å². The number of aromatic nitrogens is 1. The molecular formula is C16H27BrIN5O. The molecule has 1 saturated carbocycles. The Kier molecular flexibility index (Phi) is 9.11. The lowest BCUT2D eigenvalue weighted by molar-refractivity contribution is -0.121. The zero-order chi connectivity index (χ0) is 16.8. The maximum absolute atomic E-state index is 11.6. The summed E-state index contributed by atoms with van der Waals surface area (Å²) in [6.07, 6.45) is 5.68. The summed E-state index contributed by atoms with van der Waals surface area (Å²) in [6, 6.07) is 2.55. The number of aryl methyl sites for hydroxylation is 1. The van der Waals surface area contributed by atoms with Crippen molar-refractivity contribution in [2.45, 2.75) is 38.3 Å². The van der Waals surface area contributed by atoms with E-state index in [1.807, 2.05) is 20.3 Å². The summed E-state index contributed by atoms with van der Waals surface area (Å²) in [5.41, 5.74) is 1.20. The Balaban J connectivity index is 0.00000288. The fraction of sp³-hybridized carbons (Fsp3) is 0.625. The molecule has 0 saturated heterocycles. The number of nitrogens with one attached hydrogen (secondary N) is 2. The molecule has 0 radical (unpaired) electrons. The number of hydrogen-bond donors (Lipinski definition) is 2. The van der Waals surface area contributed by atoms with Crippen molar-refractivity contribution in [1.82, 2.24) is 20.1 Å². The normalized spacial score (nSPS) is 14.1. The molecule has 1 aromatic heterocycles. The first-order chi connectivity index (χ1) is 11.0. The highest BCUT2D eigenvalue weighted by Gasteiger charge is 2.22. The highest BCUT2D eigenvalue weighted by molar-refractivity contribution is 14.0. The molecule has 2 N–H and O–H groups in total. The van der Waals surface area contributed by atoms with Gasteiger partial charge in [0, 0.05) is 56.5 Å². The Morgan fingerprint density at radius 1 is 1.50 bits per heavy atom. The smallest absolute Gasteiger partial charge is 0.220 e. The van der Waals surface area contributed by atoms with Crippen LogP contribution in [0, 0.1) is 0 Å². The van der Waals surface area contributed by atoms with Crippen LogP contribution >= 0.6 is 39.9 Å². The van der Waals surface area contributed by atoms with Crippen molar-refractivity contribution in [2.75, 3.05) is 20.6 Å². The number of guanidine groups is 1. The Morgan fingerprint density at radius 2 is 2.21 bits per heavy atom. The molecule has 0 aliphatic heterocycles. The summed E-state index contributed by atoms with van der Waals surface area (Å²) >= 11 is 3.49. The monoisotopic (exact) mass is 511 g/mol.